The normalized spacial score (nSPS) is 12.0. The number of urea groups is 1. The van der Waals surface area contributed by atoms with Crippen LogP contribution in [0.5, 0.6) is 5.75 Å². The molecule has 0 bridgehead atoms. The van der Waals surface area contributed by atoms with Crippen LogP contribution in [-0.4, -0.2) is 45.9 Å². The Kier molecular flexibility index (Phi) is 9.90. The van der Waals surface area contributed by atoms with Crippen LogP contribution in [0.1, 0.15) is 26.3 Å². The Morgan fingerprint density at radius 3 is 2.43 bits per heavy atom. The average Bonchev–Trinajstić information content (AvgIpc) is 3.05. The highest BCUT2D eigenvalue weighted by molar-refractivity contribution is 6.11. The number of aliphatic imine (C=N–C) groups is 1. The average molecular weight is 631 g/mol. The van der Waals surface area contributed by atoms with Gasteiger partial charge in [-0.2, -0.15) is 0 Å². The number of allylic oxidation sites excluding steroid dienone is 1. The first-order valence-corrected chi connectivity index (χ1v) is 15.0. The third-order valence-electron chi connectivity index (χ3n) is 7.01. The molecule has 0 aliphatic heterocycles. The molecule has 0 aliphatic rings. The standard InChI is InChI=1S/C35H38N10O2/c1-35(2,3)29(36)19-31(41-24-10-13-33(40-20-24)45(4)5)44-34(46)42-27-11-12-28(26-9-7-6-8-25(26)27)47-22-23-14-15-38-30(18-23)43-32-21-37-16-17-39-32/h6-21H,22,36H2,1-5H3,(H,38,39,43)(H2,41,42,44,46). The molecule has 12 heteroatoms. The predicted octanol–water partition coefficient (Wildman–Crippen LogP) is 6.55. The molecule has 2 aromatic carbocycles. The summed E-state index contributed by atoms with van der Waals surface area (Å²) in [6.07, 6.45) is 9.86. The van der Waals surface area contributed by atoms with Crippen molar-refractivity contribution in [3.63, 3.8) is 0 Å². The van der Waals surface area contributed by atoms with Crippen LogP contribution in [0.2, 0.25) is 0 Å². The summed E-state index contributed by atoms with van der Waals surface area (Å²) in [7, 11) is 3.82. The molecule has 0 atom stereocenters. The lowest BCUT2D eigenvalue weighted by Gasteiger charge is -2.19. The van der Waals surface area contributed by atoms with Gasteiger partial charge in [-0.05, 0) is 42.0 Å². The summed E-state index contributed by atoms with van der Waals surface area (Å²) in [6, 6.07) is 18.3. The number of carbonyl (C=O) groups excluding carboxylic acids is 1. The minimum absolute atomic E-state index is 0.282. The molecule has 12 nitrogen and oxygen atoms in total. The van der Waals surface area contributed by atoms with E-state index >= 15 is 0 Å². The molecule has 0 saturated heterocycles. The fourth-order valence-electron chi connectivity index (χ4n) is 4.37. The summed E-state index contributed by atoms with van der Waals surface area (Å²) in [5.74, 6) is 2.97. The van der Waals surface area contributed by atoms with E-state index in [0.29, 0.717) is 41.1 Å². The zero-order valence-corrected chi connectivity index (χ0v) is 27.0. The Morgan fingerprint density at radius 2 is 1.72 bits per heavy atom. The van der Waals surface area contributed by atoms with Crippen LogP contribution in [0, 0.1) is 5.41 Å². The topological polar surface area (TPSA) is 156 Å². The first-order chi connectivity index (χ1) is 22.5. The number of amidine groups is 1. The van der Waals surface area contributed by atoms with Crippen molar-refractivity contribution in [3.8, 4) is 5.75 Å². The second kappa shape index (κ2) is 14.4. The number of pyridine rings is 2. The third-order valence-corrected chi connectivity index (χ3v) is 7.01. The number of hydrogen-bond acceptors (Lipinski definition) is 10. The van der Waals surface area contributed by atoms with E-state index in [9.17, 15) is 4.79 Å². The Labute approximate surface area is 273 Å². The number of anilines is 4. The zero-order valence-electron chi connectivity index (χ0n) is 27.0. The number of ether oxygens (including phenoxy) is 1. The van der Waals surface area contributed by atoms with Crippen LogP contribution < -0.4 is 31.3 Å². The number of rotatable bonds is 9. The molecule has 5 rings (SSSR count). The van der Waals surface area contributed by atoms with Gasteiger partial charge >= 0.3 is 6.03 Å². The molecule has 0 spiro atoms. The van der Waals surface area contributed by atoms with Crippen molar-refractivity contribution < 1.29 is 9.53 Å². The van der Waals surface area contributed by atoms with Crippen molar-refractivity contribution in [2.24, 2.45) is 16.1 Å². The quantitative estimate of drug-likeness (QED) is 0.105. The van der Waals surface area contributed by atoms with Crippen LogP contribution >= 0.6 is 0 Å². The summed E-state index contributed by atoms with van der Waals surface area (Å²) >= 11 is 0. The van der Waals surface area contributed by atoms with Crippen molar-refractivity contribution in [3.05, 3.63) is 109 Å². The fourth-order valence-corrected chi connectivity index (χ4v) is 4.37. The molecular formula is C35H38N10O2. The summed E-state index contributed by atoms with van der Waals surface area (Å²) in [4.78, 5) is 36.9. The lowest BCUT2D eigenvalue weighted by molar-refractivity contribution is 0.256. The molecule has 5 aromatic rings. The Morgan fingerprint density at radius 1 is 0.936 bits per heavy atom. The van der Waals surface area contributed by atoms with Crippen LogP contribution in [0.15, 0.2) is 108 Å². The number of carbonyl (C=O) groups is 1. The minimum Gasteiger partial charge on any atom is -0.488 e. The van der Waals surface area contributed by atoms with Gasteiger partial charge < -0.3 is 26.0 Å². The predicted molar refractivity (Wildman–Crippen MR) is 187 cm³/mol. The Bertz CT molecular complexity index is 1900. The van der Waals surface area contributed by atoms with Gasteiger partial charge in [0.05, 0.1) is 23.8 Å². The van der Waals surface area contributed by atoms with Crippen LogP contribution in [0.4, 0.5) is 33.6 Å². The first kappa shape index (κ1) is 32.4. The SMILES string of the molecule is CN(C)c1ccc(N=C(C=C(N)C(C)(C)C)NC(=O)Nc2ccc(OCc3ccnc(Nc4cnccn4)c3)c3ccccc23)cn1. The summed E-state index contributed by atoms with van der Waals surface area (Å²) in [6.45, 7) is 6.28. The Balaban J connectivity index is 1.33. The number of fused-ring (bicyclic) bond motifs is 1. The summed E-state index contributed by atoms with van der Waals surface area (Å²) in [5, 5.41) is 10.6. The molecule has 3 heterocycles. The van der Waals surface area contributed by atoms with Gasteiger partial charge in [0.25, 0.3) is 0 Å². The van der Waals surface area contributed by atoms with Crippen LogP contribution in [0.3, 0.4) is 0 Å². The monoisotopic (exact) mass is 630 g/mol. The summed E-state index contributed by atoms with van der Waals surface area (Å²) < 4.78 is 6.24. The van der Waals surface area contributed by atoms with E-state index in [1.54, 1.807) is 37.1 Å². The van der Waals surface area contributed by atoms with Gasteiger partial charge in [0, 0.05) is 60.6 Å². The van der Waals surface area contributed by atoms with Crippen molar-refractivity contribution >= 4 is 51.5 Å². The number of aromatic nitrogens is 4. The lowest BCUT2D eigenvalue weighted by Crippen LogP contribution is -2.34. The molecule has 0 aliphatic carbocycles. The van der Waals surface area contributed by atoms with Crippen molar-refractivity contribution in [2.45, 2.75) is 27.4 Å². The molecule has 2 amide bonds. The minimum atomic E-state index is -0.474. The van der Waals surface area contributed by atoms with E-state index < -0.39 is 6.03 Å². The first-order valence-electron chi connectivity index (χ1n) is 15.0. The molecular weight excluding hydrogens is 592 g/mol. The second-order valence-corrected chi connectivity index (χ2v) is 11.9. The molecule has 0 saturated carbocycles. The fraction of sp³-hybridized carbons (Fsp3) is 0.200. The van der Waals surface area contributed by atoms with Crippen LogP contribution in [-0.2, 0) is 6.61 Å². The van der Waals surface area contributed by atoms with E-state index in [-0.39, 0.29) is 11.3 Å². The highest BCUT2D eigenvalue weighted by atomic mass is 16.5. The summed E-state index contributed by atoms with van der Waals surface area (Å²) in [5.41, 5.74) is 8.69. The Hall–Kier alpha value is -6.04. The maximum atomic E-state index is 13.3. The molecule has 0 fully saturated rings. The van der Waals surface area contributed by atoms with Crippen molar-refractivity contribution in [1.29, 1.82) is 0 Å². The maximum Gasteiger partial charge on any atom is 0.324 e. The van der Waals surface area contributed by atoms with Crippen molar-refractivity contribution in [2.75, 3.05) is 29.6 Å². The largest absolute Gasteiger partial charge is 0.488 e. The number of hydrogen-bond donors (Lipinski definition) is 4. The second-order valence-electron chi connectivity index (χ2n) is 11.9. The highest BCUT2D eigenvalue weighted by Crippen LogP contribution is 2.32. The number of nitrogens with two attached hydrogens (primary N) is 1. The number of benzene rings is 2. The van der Waals surface area contributed by atoms with Gasteiger partial charge in [0.2, 0.25) is 0 Å². The van der Waals surface area contributed by atoms with Crippen molar-refractivity contribution in [1.82, 2.24) is 25.3 Å². The lowest BCUT2D eigenvalue weighted by atomic mass is 9.92. The van der Waals surface area contributed by atoms with E-state index in [4.69, 9.17) is 10.5 Å². The van der Waals surface area contributed by atoms with Gasteiger partial charge in [-0.1, -0.05) is 45.0 Å². The van der Waals surface area contributed by atoms with Gasteiger partial charge in [-0.15, -0.1) is 0 Å². The molecule has 5 N–H and O–H groups in total. The van der Waals surface area contributed by atoms with Gasteiger partial charge in [0.1, 0.15) is 35.6 Å². The number of nitrogens with one attached hydrogen (secondary N) is 3. The van der Waals surface area contributed by atoms with E-state index in [2.05, 4.69) is 40.9 Å². The molecule has 47 heavy (non-hydrogen) atoms. The van der Waals surface area contributed by atoms with E-state index in [1.165, 1.54) is 0 Å². The van der Waals surface area contributed by atoms with Gasteiger partial charge in [0.15, 0.2) is 0 Å². The molecule has 0 radical (unpaired) electrons. The molecule has 0 unspecified atom stereocenters. The molecule has 3 aromatic heterocycles. The highest BCUT2D eigenvalue weighted by Gasteiger charge is 2.16. The van der Waals surface area contributed by atoms with Gasteiger partial charge in [-0.3, -0.25) is 10.3 Å². The number of nitrogens with zero attached hydrogens (tertiary/aromatic N) is 6. The van der Waals surface area contributed by atoms with E-state index in [0.717, 1.165) is 22.2 Å². The molecule has 240 valence electrons. The zero-order chi connectivity index (χ0) is 33.4. The number of amides is 2. The van der Waals surface area contributed by atoms with Gasteiger partial charge in [-0.25, -0.2) is 24.7 Å². The maximum absolute atomic E-state index is 13.3. The third kappa shape index (κ3) is 8.78. The van der Waals surface area contributed by atoms with Crippen LogP contribution in [0.25, 0.3) is 10.8 Å². The van der Waals surface area contributed by atoms with E-state index in [1.807, 2.05) is 100 Å². The smallest absolute Gasteiger partial charge is 0.324 e.